The molecule has 1 aliphatic rings. The van der Waals surface area contributed by atoms with E-state index in [2.05, 4.69) is 58.7 Å². The van der Waals surface area contributed by atoms with Crippen molar-refractivity contribution in [3.05, 3.63) is 137 Å². The highest BCUT2D eigenvalue weighted by molar-refractivity contribution is 5.97. The average molecular weight is 521 g/mol. The molecule has 0 saturated carbocycles. The number of ether oxygens (including phenoxy) is 2. The molecule has 1 aliphatic heterocycles. The lowest BCUT2D eigenvalue weighted by Crippen LogP contribution is -2.21. The molecule has 0 amide bonds. The second-order valence-corrected chi connectivity index (χ2v) is 9.76. The molecule has 0 unspecified atom stereocenters. The third-order valence-electron chi connectivity index (χ3n) is 7.49. The first-order valence-electron chi connectivity index (χ1n) is 13.0. The van der Waals surface area contributed by atoms with E-state index in [1.807, 2.05) is 66.7 Å². The first-order valence-corrected chi connectivity index (χ1v) is 13.0. The maximum atomic E-state index is 10.1. The summed E-state index contributed by atoms with van der Waals surface area (Å²) in [7, 11) is 0. The van der Waals surface area contributed by atoms with Gasteiger partial charge in [0.25, 0.3) is 0 Å². The minimum absolute atomic E-state index is 0.0623. The number of nitrogens with two attached hydrogens (primary N) is 1. The number of fused-ring (bicyclic) bond motifs is 3. The highest BCUT2D eigenvalue weighted by Gasteiger charge is 2.35. The summed E-state index contributed by atoms with van der Waals surface area (Å²) in [6.45, 7) is 0.450. The van der Waals surface area contributed by atoms with Crippen molar-refractivity contribution in [2.75, 3.05) is 0 Å². The van der Waals surface area contributed by atoms with Crippen molar-refractivity contribution in [3.63, 3.8) is 0 Å². The maximum Gasteiger partial charge on any atom is 0.244 e. The second-order valence-electron chi connectivity index (χ2n) is 9.76. The number of H-pyrrole nitrogens is 1. The van der Waals surface area contributed by atoms with Crippen LogP contribution >= 0.6 is 0 Å². The first kappa shape index (κ1) is 23.6. The van der Waals surface area contributed by atoms with Crippen molar-refractivity contribution >= 4 is 21.5 Å². The Labute approximate surface area is 230 Å². The number of rotatable bonds is 5. The fourth-order valence-electron chi connectivity index (χ4n) is 5.56. The van der Waals surface area contributed by atoms with Crippen LogP contribution in [-0.4, -0.2) is 10.2 Å². The van der Waals surface area contributed by atoms with Gasteiger partial charge in [-0.2, -0.15) is 5.26 Å². The molecular weight excluding hydrogens is 496 g/mol. The lowest BCUT2D eigenvalue weighted by atomic mass is 9.82. The molecule has 2 heterocycles. The number of nitrogens with one attached hydrogen (secondary N) is 1. The minimum atomic E-state index is -0.450. The van der Waals surface area contributed by atoms with Gasteiger partial charge in [0.1, 0.15) is 24.0 Å². The van der Waals surface area contributed by atoms with Crippen LogP contribution in [0.2, 0.25) is 0 Å². The Kier molecular flexibility index (Phi) is 5.68. The highest BCUT2D eigenvalue weighted by atomic mass is 16.5. The molecule has 0 aliphatic carbocycles. The monoisotopic (exact) mass is 520 g/mol. The van der Waals surface area contributed by atoms with Gasteiger partial charge in [0.2, 0.25) is 11.8 Å². The van der Waals surface area contributed by atoms with E-state index in [1.165, 1.54) is 10.8 Å². The Morgan fingerprint density at radius 1 is 0.825 bits per heavy atom. The van der Waals surface area contributed by atoms with Crippen LogP contribution in [-0.2, 0) is 6.61 Å². The number of nitrogens with zero attached hydrogens (tertiary/aromatic N) is 2. The number of hydrogen-bond donors (Lipinski definition) is 2. The average Bonchev–Trinajstić information content (AvgIpc) is 3.42. The lowest BCUT2D eigenvalue weighted by molar-refractivity contribution is 0.307. The van der Waals surface area contributed by atoms with E-state index < -0.39 is 5.92 Å². The molecule has 6 heteroatoms. The SMILES string of the molecule is N#CC1=C(N)Oc2n[nH]c(-c3cccc4ccccc34)c2[C@H]1c1ccc(OCc2cccc3ccccc23)cc1. The molecule has 0 spiro atoms. The summed E-state index contributed by atoms with van der Waals surface area (Å²) < 4.78 is 12.0. The van der Waals surface area contributed by atoms with Crippen LogP contribution in [0.1, 0.15) is 22.6 Å². The zero-order valence-corrected chi connectivity index (χ0v) is 21.5. The van der Waals surface area contributed by atoms with Gasteiger partial charge in [-0.15, -0.1) is 5.10 Å². The summed E-state index contributed by atoms with van der Waals surface area (Å²) >= 11 is 0. The predicted octanol–water partition coefficient (Wildman–Crippen LogP) is 7.18. The van der Waals surface area contributed by atoms with Crippen molar-refractivity contribution in [1.29, 1.82) is 5.26 Å². The number of nitriles is 1. The number of benzene rings is 5. The van der Waals surface area contributed by atoms with Crippen molar-refractivity contribution in [3.8, 4) is 29.0 Å². The largest absolute Gasteiger partial charge is 0.489 e. The van der Waals surface area contributed by atoms with Crippen molar-refractivity contribution in [2.45, 2.75) is 12.5 Å². The number of aromatic amines is 1. The van der Waals surface area contributed by atoms with Gasteiger partial charge in [-0.1, -0.05) is 97.1 Å². The van der Waals surface area contributed by atoms with Crippen LogP contribution in [0.3, 0.4) is 0 Å². The molecule has 192 valence electrons. The zero-order chi connectivity index (χ0) is 27.1. The minimum Gasteiger partial charge on any atom is -0.489 e. The van der Waals surface area contributed by atoms with E-state index in [0.29, 0.717) is 18.1 Å². The summed E-state index contributed by atoms with van der Waals surface area (Å²) in [6.07, 6.45) is 0. The molecule has 0 radical (unpaired) electrons. The molecule has 0 saturated heterocycles. The molecule has 1 atom stereocenters. The third-order valence-corrected chi connectivity index (χ3v) is 7.49. The van der Waals surface area contributed by atoms with E-state index in [-0.39, 0.29) is 5.88 Å². The molecule has 0 fully saturated rings. The van der Waals surface area contributed by atoms with Crippen LogP contribution in [0.4, 0.5) is 0 Å². The topological polar surface area (TPSA) is 97.0 Å². The molecule has 40 heavy (non-hydrogen) atoms. The smallest absolute Gasteiger partial charge is 0.244 e. The summed E-state index contributed by atoms with van der Waals surface area (Å²) in [6, 6.07) is 38.9. The Balaban J connectivity index is 1.25. The summed E-state index contributed by atoms with van der Waals surface area (Å²) in [5, 5.41) is 22.3. The second kappa shape index (κ2) is 9.64. The summed E-state index contributed by atoms with van der Waals surface area (Å²) in [5.74, 6) is 0.724. The maximum absolute atomic E-state index is 10.1. The van der Waals surface area contributed by atoms with Crippen LogP contribution in [0.25, 0.3) is 32.8 Å². The fourth-order valence-corrected chi connectivity index (χ4v) is 5.56. The van der Waals surface area contributed by atoms with Gasteiger partial charge in [0.15, 0.2) is 0 Å². The van der Waals surface area contributed by atoms with E-state index in [1.54, 1.807) is 0 Å². The van der Waals surface area contributed by atoms with E-state index in [4.69, 9.17) is 15.2 Å². The fraction of sp³-hybridized carbons (Fsp3) is 0.0588. The van der Waals surface area contributed by atoms with Crippen molar-refractivity contribution in [1.82, 2.24) is 10.2 Å². The van der Waals surface area contributed by atoms with Crippen LogP contribution in [0, 0.1) is 11.3 Å². The number of hydrogen-bond acceptors (Lipinski definition) is 5. The van der Waals surface area contributed by atoms with Gasteiger partial charge in [-0.25, -0.2) is 0 Å². The molecule has 6 nitrogen and oxygen atoms in total. The summed E-state index contributed by atoms with van der Waals surface area (Å²) in [4.78, 5) is 0. The third kappa shape index (κ3) is 3.93. The quantitative estimate of drug-likeness (QED) is 0.251. The molecule has 1 aromatic heterocycles. The Hall–Kier alpha value is -5.54. The molecule has 5 aromatic carbocycles. The van der Waals surface area contributed by atoms with E-state index in [9.17, 15) is 5.26 Å². The molecule has 3 N–H and O–H groups in total. The Morgan fingerprint density at radius 2 is 1.50 bits per heavy atom. The van der Waals surface area contributed by atoms with Crippen molar-refractivity contribution < 1.29 is 9.47 Å². The molecule has 6 aromatic rings. The molecule has 0 bridgehead atoms. The van der Waals surface area contributed by atoms with E-state index >= 15 is 0 Å². The van der Waals surface area contributed by atoms with Crippen molar-refractivity contribution in [2.24, 2.45) is 5.73 Å². The van der Waals surface area contributed by atoms with Crippen LogP contribution in [0.15, 0.2) is 121 Å². The van der Waals surface area contributed by atoms with Crippen LogP contribution in [0.5, 0.6) is 11.6 Å². The summed E-state index contributed by atoms with van der Waals surface area (Å²) in [5.41, 5.74) is 11.1. The molecule has 7 rings (SSSR count). The standard InChI is InChI=1S/C34H24N4O2/c35-19-29-30(23-15-17-25(18-16-23)39-20-24-11-5-9-21-7-1-3-12-26(21)24)31-32(37-38-34(31)40-33(29)36)28-14-6-10-22-8-2-4-13-27(22)28/h1-18,30H,20,36H2,(H,37,38)/t30-/m0/s1. The van der Waals surface area contributed by atoms with Gasteiger partial charge in [0, 0.05) is 5.56 Å². The van der Waals surface area contributed by atoms with Gasteiger partial charge >= 0.3 is 0 Å². The van der Waals surface area contributed by atoms with Gasteiger partial charge in [0.05, 0.1) is 17.2 Å². The zero-order valence-electron chi connectivity index (χ0n) is 21.5. The lowest BCUT2D eigenvalue weighted by Gasteiger charge is -2.24. The predicted molar refractivity (Wildman–Crippen MR) is 156 cm³/mol. The van der Waals surface area contributed by atoms with E-state index in [0.717, 1.165) is 44.5 Å². The van der Waals surface area contributed by atoms with Crippen LogP contribution < -0.4 is 15.2 Å². The highest BCUT2D eigenvalue weighted by Crippen LogP contribution is 2.46. The Bertz CT molecular complexity index is 1950. The van der Waals surface area contributed by atoms with Gasteiger partial charge in [-0.3, -0.25) is 5.10 Å². The number of aromatic nitrogens is 2. The normalized spacial score (nSPS) is 14.5. The number of allylic oxidation sites excluding steroid dienone is 1. The van der Waals surface area contributed by atoms with Gasteiger partial charge < -0.3 is 15.2 Å². The molecular formula is C34H24N4O2. The van der Waals surface area contributed by atoms with Gasteiger partial charge in [-0.05, 0) is 44.8 Å². The first-order chi connectivity index (χ1) is 19.7. The Morgan fingerprint density at radius 3 is 2.27 bits per heavy atom.